The normalized spacial score (nSPS) is 28.9. The van der Waals surface area contributed by atoms with Crippen molar-refractivity contribution in [1.82, 2.24) is 19.5 Å². The molecule has 194 valence electrons. The Bertz CT molecular complexity index is 1190. The average Bonchev–Trinajstić information content (AvgIpc) is 3.56. The van der Waals surface area contributed by atoms with Crippen LogP contribution in [0.5, 0.6) is 0 Å². The Morgan fingerprint density at radius 3 is 2.64 bits per heavy atom. The van der Waals surface area contributed by atoms with Crippen molar-refractivity contribution >= 4 is 43.0 Å². The number of fused-ring (bicyclic) bond motifs is 1. The van der Waals surface area contributed by atoms with Gasteiger partial charge in [-0.25, -0.2) is 0 Å². The second kappa shape index (κ2) is 11.0. The van der Waals surface area contributed by atoms with Crippen LogP contribution in [0.3, 0.4) is 0 Å². The van der Waals surface area contributed by atoms with Gasteiger partial charge in [-0.2, -0.15) is 0 Å². The number of ether oxygens (including phenoxy) is 2. The fourth-order valence-corrected chi connectivity index (χ4v) is 8.69. The molecule has 0 radical (unpaired) electrons. The van der Waals surface area contributed by atoms with E-state index in [-0.39, 0.29) is 11.4 Å². The summed E-state index contributed by atoms with van der Waals surface area (Å²) >= 11 is 5.55. The Kier molecular flexibility index (Phi) is 7.98. The number of imidazole rings is 1. The van der Waals surface area contributed by atoms with Gasteiger partial charge in [-0.15, -0.1) is 0 Å². The van der Waals surface area contributed by atoms with Crippen LogP contribution in [0.15, 0.2) is 30.6 Å². The first-order valence-corrected chi connectivity index (χ1v) is 15.0. The van der Waals surface area contributed by atoms with Gasteiger partial charge in [0.05, 0.1) is 0 Å². The number of nitrogens with zero attached hydrogens (tertiary/aromatic N) is 4. The first-order chi connectivity index (χ1) is 17.4. The molecule has 1 aliphatic heterocycles. The topological polar surface area (TPSA) is 123 Å². The standard InChI is InChI=1S/C25H32AsClN4O5/c1-13(2)15-8-6-14(7-9-15)11-35-17-5-3-4-16(17)26-22-19-23(30-25(27)29-22)31(12-28-19)24-21(34)20(33)18(10-32)36-24/h6-9,12-13,16-18,20-21,24,26,32-34H,3-5,10-11H2,1-2H3. The summed E-state index contributed by atoms with van der Waals surface area (Å²) in [6.45, 7) is 4.57. The number of aliphatic hydroxyl groups is 3. The van der Waals surface area contributed by atoms with E-state index in [0.29, 0.717) is 28.4 Å². The zero-order chi connectivity index (χ0) is 25.4. The molecule has 1 saturated heterocycles. The van der Waals surface area contributed by atoms with E-state index in [2.05, 4.69) is 53.1 Å². The monoisotopic (exact) mass is 578 g/mol. The van der Waals surface area contributed by atoms with Crippen molar-refractivity contribution in [2.45, 2.75) is 81.0 Å². The molecule has 7 atom stereocenters. The zero-order valence-corrected chi connectivity index (χ0v) is 23.1. The number of aliphatic hydroxyl groups excluding tert-OH is 3. The number of benzene rings is 1. The number of hydrogen-bond acceptors (Lipinski definition) is 8. The molecule has 3 N–H and O–H groups in total. The molecule has 7 unspecified atom stereocenters. The third-order valence-electron chi connectivity index (χ3n) is 7.07. The van der Waals surface area contributed by atoms with Crippen LogP contribution in [0.1, 0.15) is 56.4 Å². The van der Waals surface area contributed by atoms with Crippen molar-refractivity contribution in [3.05, 3.63) is 47.0 Å². The van der Waals surface area contributed by atoms with Crippen LogP contribution in [-0.2, 0) is 16.1 Å². The summed E-state index contributed by atoms with van der Waals surface area (Å²) < 4.78 is 14.9. The zero-order valence-electron chi connectivity index (χ0n) is 20.3. The molecule has 0 bridgehead atoms. The molecule has 1 aliphatic carbocycles. The van der Waals surface area contributed by atoms with E-state index >= 15 is 0 Å². The molecule has 2 aliphatic rings. The Labute approximate surface area is 221 Å². The summed E-state index contributed by atoms with van der Waals surface area (Å²) in [6.07, 6.45) is 0.666. The summed E-state index contributed by atoms with van der Waals surface area (Å²) in [7, 11) is 0. The minimum absolute atomic E-state index is 0.107. The molecule has 3 heterocycles. The van der Waals surface area contributed by atoms with Gasteiger partial charge < -0.3 is 0 Å². The third kappa shape index (κ3) is 5.20. The van der Waals surface area contributed by atoms with Gasteiger partial charge in [0.1, 0.15) is 0 Å². The summed E-state index contributed by atoms with van der Waals surface area (Å²) in [5, 5.41) is 30.2. The molecule has 2 fully saturated rings. The molecule has 1 saturated carbocycles. The van der Waals surface area contributed by atoms with E-state index < -0.39 is 46.9 Å². The molecule has 9 nitrogen and oxygen atoms in total. The Morgan fingerprint density at radius 2 is 1.94 bits per heavy atom. The summed E-state index contributed by atoms with van der Waals surface area (Å²) in [6, 6.07) is 8.64. The molecule has 11 heteroatoms. The fraction of sp³-hybridized carbons (Fsp3) is 0.560. The maximum atomic E-state index is 10.5. The van der Waals surface area contributed by atoms with E-state index in [0.717, 1.165) is 23.7 Å². The van der Waals surface area contributed by atoms with Gasteiger partial charge in [-0.3, -0.25) is 0 Å². The van der Waals surface area contributed by atoms with E-state index in [9.17, 15) is 15.3 Å². The van der Waals surface area contributed by atoms with Gasteiger partial charge in [0.2, 0.25) is 0 Å². The van der Waals surface area contributed by atoms with Crippen LogP contribution in [-0.4, -0.2) is 81.6 Å². The van der Waals surface area contributed by atoms with Gasteiger partial charge in [-0.1, -0.05) is 0 Å². The first kappa shape index (κ1) is 26.0. The van der Waals surface area contributed by atoms with Crippen LogP contribution < -0.4 is 4.48 Å². The molecule has 1 aromatic carbocycles. The quantitative estimate of drug-likeness (QED) is 0.273. The van der Waals surface area contributed by atoms with Crippen LogP contribution in [0, 0.1) is 0 Å². The minimum atomic E-state index is -1.23. The SMILES string of the molecule is CC(C)c1ccc(COC2CCCC2[AsH]c2nc(Cl)nc3c2ncn3C2OC(CO)C(O)C2O)cc1. The van der Waals surface area contributed by atoms with Crippen LogP contribution in [0.25, 0.3) is 11.2 Å². The van der Waals surface area contributed by atoms with Gasteiger partial charge in [-0.05, 0) is 0 Å². The van der Waals surface area contributed by atoms with E-state index in [1.165, 1.54) is 17.5 Å². The molecule has 2 aromatic heterocycles. The number of aromatic nitrogens is 4. The summed E-state index contributed by atoms with van der Waals surface area (Å²) in [4.78, 5) is 13.4. The van der Waals surface area contributed by atoms with Crippen LogP contribution in [0.2, 0.25) is 9.99 Å². The molecular weight excluding hydrogens is 547 g/mol. The Hall–Kier alpha value is -1.58. The molecule has 5 rings (SSSR count). The number of rotatable bonds is 8. The predicted molar refractivity (Wildman–Crippen MR) is 137 cm³/mol. The van der Waals surface area contributed by atoms with E-state index in [1.54, 1.807) is 4.57 Å². The van der Waals surface area contributed by atoms with Crippen molar-refractivity contribution in [1.29, 1.82) is 0 Å². The maximum absolute atomic E-state index is 10.5. The Morgan fingerprint density at radius 1 is 1.17 bits per heavy atom. The van der Waals surface area contributed by atoms with Gasteiger partial charge in [0, 0.05) is 0 Å². The summed E-state index contributed by atoms with van der Waals surface area (Å²) in [5.74, 6) is 0.509. The Balaban J connectivity index is 1.32. The van der Waals surface area contributed by atoms with Crippen LogP contribution in [0.4, 0.5) is 0 Å². The molecule has 36 heavy (non-hydrogen) atoms. The van der Waals surface area contributed by atoms with Gasteiger partial charge in [0.15, 0.2) is 0 Å². The second-order valence-corrected chi connectivity index (χ2v) is 13.3. The summed E-state index contributed by atoms with van der Waals surface area (Å²) in [5.41, 5.74) is 3.58. The van der Waals surface area contributed by atoms with Crippen molar-refractivity contribution in [2.75, 3.05) is 6.61 Å². The van der Waals surface area contributed by atoms with Crippen molar-refractivity contribution in [3.63, 3.8) is 0 Å². The van der Waals surface area contributed by atoms with Gasteiger partial charge in [0.25, 0.3) is 0 Å². The first-order valence-electron chi connectivity index (χ1n) is 12.3. The van der Waals surface area contributed by atoms with E-state index in [4.69, 9.17) is 21.1 Å². The third-order valence-corrected chi connectivity index (χ3v) is 10.7. The van der Waals surface area contributed by atoms with E-state index in [1.807, 2.05) is 0 Å². The van der Waals surface area contributed by atoms with Crippen LogP contribution >= 0.6 is 11.6 Å². The number of halogens is 1. The van der Waals surface area contributed by atoms with Crippen molar-refractivity contribution < 1.29 is 24.8 Å². The molecule has 3 aromatic rings. The van der Waals surface area contributed by atoms with Gasteiger partial charge >= 0.3 is 222 Å². The average molecular weight is 579 g/mol. The molecular formula is C25H32AsClN4O5. The van der Waals surface area contributed by atoms with Crippen molar-refractivity contribution in [3.8, 4) is 0 Å². The van der Waals surface area contributed by atoms with Crippen molar-refractivity contribution in [2.24, 2.45) is 0 Å². The molecule has 0 spiro atoms. The fourth-order valence-electron chi connectivity index (χ4n) is 4.95. The second-order valence-electron chi connectivity index (χ2n) is 9.82. The molecule has 0 amide bonds. The predicted octanol–water partition coefficient (Wildman–Crippen LogP) is 1.83. The number of hydrogen-bond donors (Lipinski definition) is 3.